The lowest BCUT2D eigenvalue weighted by Crippen LogP contribution is -2.12. The van der Waals surface area contributed by atoms with Crippen LogP contribution < -0.4 is 15.2 Å². The third-order valence-electron chi connectivity index (χ3n) is 2.59. The number of rotatable bonds is 6. The second-order valence-electron chi connectivity index (χ2n) is 3.62. The van der Waals surface area contributed by atoms with Crippen LogP contribution in [0.5, 0.6) is 11.5 Å². The highest BCUT2D eigenvalue weighted by Crippen LogP contribution is 2.33. The maximum absolute atomic E-state index is 11.5. The van der Waals surface area contributed by atoms with Crippen LogP contribution in [-0.2, 0) is 22.5 Å². The summed E-state index contributed by atoms with van der Waals surface area (Å²) in [6, 6.07) is 3.56. The number of carbonyl (C=O) groups excluding carboxylic acids is 1. The van der Waals surface area contributed by atoms with E-state index >= 15 is 0 Å². The Hall–Kier alpha value is -1.75. The van der Waals surface area contributed by atoms with Crippen molar-refractivity contribution in [3.05, 3.63) is 23.3 Å². The molecule has 0 saturated heterocycles. The summed E-state index contributed by atoms with van der Waals surface area (Å²) >= 11 is 0. The van der Waals surface area contributed by atoms with Gasteiger partial charge in [0.1, 0.15) is 0 Å². The number of nitrogens with two attached hydrogens (primary N) is 1. The molecule has 0 aromatic heterocycles. The first-order chi connectivity index (χ1) is 8.67. The minimum absolute atomic E-state index is 0.181. The molecule has 0 heterocycles. The van der Waals surface area contributed by atoms with Gasteiger partial charge >= 0.3 is 5.97 Å². The van der Waals surface area contributed by atoms with Gasteiger partial charge in [-0.25, -0.2) is 0 Å². The van der Waals surface area contributed by atoms with Gasteiger partial charge in [0.15, 0.2) is 11.5 Å². The molecule has 0 fully saturated rings. The van der Waals surface area contributed by atoms with Crippen LogP contribution in [-0.4, -0.2) is 26.8 Å². The highest BCUT2D eigenvalue weighted by atomic mass is 16.5. The number of carbonyl (C=O) groups is 1. The van der Waals surface area contributed by atoms with Gasteiger partial charge in [-0.05, 0) is 18.6 Å². The Bertz CT molecular complexity index is 418. The van der Waals surface area contributed by atoms with E-state index in [0.717, 1.165) is 11.1 Å². The minimum Gasteiger partial charge on any atom is -0.493 e. The second-order valence-corrected chi connectivity index (χ2v) is 3.62. The molecule has 100 valence electrons. The van der Waals surface area contributed by atoms with E-state index in [9.17, 15) is 4.79 Å². The van der Waals surface area contributed by atoms with Crippen LogP contribution in [0.3, 0.4) is 0 Å². The predicted octanol–water partition coefficient (Wildman–Crippen LogP) is 1.27. The molecule has 0 aliphatic heterocycles. The molecule has 0 bridgehead atoms. The molecule has 5 nitrogen and oxygen atoms in total. The van der Waals surface area contributed by atoms with Crippen molar-refractivity contribution in [2.45, 2.75) is 19.9 Å². The second kappa shape index (κ2) is 6.86. The Balaban J connectivity index is 3.08. The van der Waals surface area contributed by atoms with E-state index in [0.29, 0.717) is 18.1 Å². The lowest BCUT2D eigenvalue weighted by Gasteiger charge is -2.15. The van der Waals surface area contributed by atoms with Gasteiger partial charge in [-0.3, -0.25) is 4.79 Å². The molecule has 0 atom stereocenters. The van der Waals surface area contributed by atoms with E-state index < -0.39 is 0 Å². The van der Waals surface area contributed by atoms with Crippen LogP contribution in [0.4, 0.5) is 0 Å². The van der Waals surface area contributed by atoms with Gasteiger partial charge in [-0.15, -0.1) is 0 Å². The highest BCUT2D eigenvalue weighted by Gasteiger charge is 2.16. The molecule has 1 aromatic rings. The van der Waals surface area contributed by atoms with Crippen LogP contribution >= 0.6 is 0 Å². The largest absolute Gasteiger partial charge is 0.493 e. The summed E-state index contributed by atoms with van der Waals surface area (Å²) in [6.45, 7) is 2.41. The zero-order valence-electron chi connectivity index (χ0n) is 11.0. The van der Waals surface area contributed by atoms with Gasteiger partial charge in [0.2, 0.25) is 0 Å². The molecule has 0 radical (unpaired) electrons. The molecule has 0 spiro atoms. The number of methoxy groups -OCH3 is 2. The van der Waals surface area contributed by atoms with Gasteiger partial charge < -0.3 is 19.9 Å². The van der Waals surface area contributed by atoms with Crippen LogP contribution in [0, 0.1) is 0 Å². The number of hydrogen-bond donors (Lipinski definition) is 1. The average molecular weight is 253 g/mol. The van der Waals surface area contributed by atoms with Crippen LogP contribution in [0.2, 0.25) is 0 Å². The zero-order valence-corrected chi connectivity index (χ0v) is 11.0. The van der Waals surface area contributed by atoms with E-state index in [-0.39, 0.29) is 18.9 Å². The van der Waals surface area contributed by atoms with Crippen molar-refractivity contribution in [3.63, 3.8) is 0 Å². The number of esters is 1. The Kier molecular flexibility index (Phi) is 5.45. The van der Waals surface area contributed by atoms with Gasteiger partial charge in [-0.1, -0.05) is 6.07 Å². The first kappa shape index (κ1) is 14.3. The Morgan fingerprint density at radius 3 is 2.50 bits per heavy atom. The summed E-state index contributed by atoms with van der Waals surface area (Å²) in [5.74, 6) is 0.895. The Morgan fingerprint density at radius 2 is 2.00 bits per heavy atom. The number of hydrogen-bond acceptors (Lipinski definition) is 5. The monoisotopic (exact) mass is 253 g/mol. The quantitative estimate of drug-likeness (QED) is 0.773. The molecule has 5 heteroatoms. The molecule has 1 rings (SSSR count). The average Bonchev–Trinajstić information content (AvgIpc) is 2.38. The summed E-state index contributed by atoms with van der Waals surface area (Å²) in [6.07, 6.45) is 0.181. The molecule has 0 saturated carbocycles. The first-order valence-electron chi connectivity index (χ1n) is 5.76. The molecule has 0 unspecified atom stereocenters. The van der Waals surface area contributed by atoms with Crippen molar-refractivity contribution in [1.82, 2.24) is 0 Å². The summed E-state index contributed by atoms with van der Waals surface area (Å²) < 4.78 is 15.4. The standard InChI is InChI=1S/C13H19NO4/c1-4-18-12(15)7-9-5-6-11(16-2)13(17-3)10(9)8-14/h5-6H,4,7-8,14H2,1-3H3. The number of benzene rings is 1. The van der Waals surface area contributed by atoms with Crippen molar-refractivity contribution >= 4 is 5.97 Å². The molecule has 2 N–H and O–H groups in total. The zero-order chi connectivity index (χ0) is 13.5. The highest BCUT2D eigenvalue weighted by molar-refractivity contribution is 5.74. The van der Waals surface area contributed by atoms with Crippen molar-refractivity contribution in [3.8, 4) is 11.5 Å². The smallest absolute Gasteiger partial charge is 0.310 e. The summed E-state index contributed by atoms with van der Waals surface area (Å²) in [5, 5.41) is 0. The Labute approximate surface area is 107 Å². The molecular weight excluding hydrogens is 234 g/mol. The van der Waals surface area contributed by atoms with Gasteiger partial charge in [0, 0.05) is 12.1 Å². The molecule has 0 amide bonds. The van der Waals surface area contributed by atoms with E-state index in [2.05, 4.69) is 0 Å². The SMILES string of the molecule is CCOC(=O)Cc1ccc(OC)c(OC)c1CN. The maximum Gasteiger partial charge on any atom is 0.310 e. The van der Waals surface area contributed by atoms with Gasteiger partial charge in [0.05, 0.1) is 27.2 Å². The fourth-order valence-corrected chi connectivity index (χ4v) is 1.79. The Morgan fingerprint density at radius 1 is 1.28 bits per heavy atom. The van der Waals surface area contributed by atoms with E-state index in [4.69, 9.17) is 19.9 Å². The lowest BCUT2D eigenvalue weighted by atomic mass is 10.0. The first-order valence-corrected chi connectivity index (χ1v) is 5.76. The third-order valence-corrected chi connectivity index (χ3v) is 2.59. The normalized spacial score (nSPS) is 10.0. The van der Waals surface area contributed by atoms with Crippen molar-refractivity contribution in [1.29, 1.82) is 0 Å². The van der Waals surface area contributed by atoms with Gasteiger partial charge in [-0.2, -0.15) is 0 Å². The maximum atomic E-state index is 11.5. The van der Waals surface area contributed by atoms with Crippen molar-refractivity contribution < 1.29 is 19.0 Å². The third kappa shape index (κ3) is 3.13. The van der Waals surface area contributed by atoms with E-state index in [1.165, 1.54) is 0 Å². The molecule has 1 aromatic carbocycles. The summed E-state index contributed by atoms with van der Waals surface area (Å²) in [7, 11) is 3.11. The van der Waals surface area contributed by atoms with Crippen LogP contribution in [0.15, 0.2) is 12.1 Å². The van der Waals surface area contributed by atoms with Crippen molar-refractivity contribution in [2.24, 2.45) is 5.73 Å². The van der Waals surface area contributed by atoms with Crippen molar-refractivity contribution in [2.75, 3.05) is 20.8 Å². The molecule has 0 aliphatic rings. The summed E-state index contributed by atoms with van der Waals surface area (Å²) in [4.78, 5) is 11.5. The van der Waals surface area contributed by atoms with Crippen LogP contribution in [0.1, 0.15) is 18.1 Å². The van der Waals surface area contributed by atoms with E-state index in [1.807, 2.05) is 0 Å². The molecule has 18 heavy (non-hydrogen) atoms. The topological polar surface area (TPSA) is 70.8 Å². The molecule has 0 aliphatic carbocycles. The summed E-state index contributed by atoms with van der Waals surface area (Å²) in [5.41, 5.74) is 7.28. The number of ether oxygens (including phenoxy) is 3. The predicted molar refractivity (Wildman–Crippen MR) is 67.8 cm³/mol. The van der Waals surface area contributed by atoms with Crippen LogP contribution in [0.25, 0.3) is 0 Å². The lowest BCUT2D eigenvalue weighted by molar-refractivity contribution is -0.142. The van der Waals surface area contributed by atoms with Gasteiger partial charge in [0.25, 0.3) is 0 Å². The fourth-order valence-electron chi connectivity index (χ4n) is 1.79. The molecular formula is C13H19NO4. The fraction of sp³-hybridized carbons (Fsp3) is 0.462. The van der Waals surface area contributed by atoms with E-state index in [1.54, 1.807) is 33.3 Å². The minimum atomic E-state index is -0.278.